The lowest BCUT2D eigenvalue weighted by atomic mass is 10.2. The molecular formula is C12H21N2O4P. The Hall–Kier alpha value is -0.870. The van der Waals surface area contributed by atoms with Crippen molar-refractivity contribution in [1.82, 2.24) is 9.80 Å². The number of carbonyl (C=O) groups is 2. The van der Waals surface area contributed by atoms with Gasteiger partial charge in [0.1, 0.15) is 0 Å². The molecule has 2 aliphatic rings. The van der Waals surface area contributed by atoms with Crippen LogP contribution in [-0.4, -0.2) is 52.2 Å². The monoisotopic (exact) mass is 288 g/mol. The van der Waals surface area contributed by atoms with Gasteiger partial charge in [-0.3, -0.25) is 14.2 Å². The predicted molar refractivity (Wildman–Crippen MR) is 70.7 cm³/mol. The molecule has 7 heteroatoms. The van der Waals surface area contributed by atoms with Gasteiger partial charge in [-0.05, 0) is 19.3 Å². The Kier molecular flexibility index (Phi) is 4.63. The van der Waals surface area contributed by atoms with E-state index in [1.54, 1.807) is 0 Å². The van der Waals surface area contributed by atoms with Crippen LogP contribution in [0.15, 0.2) is 0 Å². The molecule has 2 saturated heterocycles. The summed E-state index contributed by atoms with van der Waals surface area (Å²) in [5.74, 6) is -0.101. The third-order valence-electron chi connectivity index (χ3n) is 3.63. The van der Waals surface area contributed by atoms with Crippen LogP contribution in [0.25, 0.3) is 0 Å². The Bertz CT molecular complexity index is 413. The van der Waals surface area contributed by atoms with E-state index in [2.05, 4.69) is 0 Å². The number of nitrogens with zero attached hydrogens (tertiary/aromatic N) is 2. The normalized spacial score (nSPS) is 24.5. The van der Waals surface area contributed by atoms with Crippen LogP contribution in [0, 0.1) is 0 Å². The Labute approximate surface area is 113 Å². The fourth-order valence-electron chi connectivity index (χ4n) is 2.62. The van der Waals surface area contributed by atoms with E-state index in [0.29, 0.717) is 25.9 Å². The number of amides is 2. The first-order valence-electron chi connectivity index (χ1n) is 6.84. The summed E-state index contributed by atoms with van der Waals surface area (Å²) in [5, 5.41) is 0. The molecule has 1 N–H and O–H groups in total. The number of carbonyl (C=O) groups excluding carboxylic acids is 2. The largest absolute Gasteiger partial charge is 0.342 e. The van der Waals surface area contributed by atoms with Gasteiger partial charge >= 0.3 is 0 Å². The number of rotatable bonds is 4. The zero-order chi connectivity index (χ0) is 13.9. The van der Waals surface area contributed by atoms with E-state index in [4.69, 9.17) is 0 Å². The van der Waals surface area contributed by atoms with E-state index in [9.17, 15) is 19.0 Å². The third kappa shape index (κ3) is 4.05. The SMILES string of the molecule is O=C1CCCCCN1CP(=O)(O)CN1CCCC1=O. The van der Waals surface area contributed by atoms with Crippen LogP contribution in [0.5, 0.6) is 0 Å². The molecule has 0 aromatic carbocycles. The molecule has 0 aliphatic carbocycles. The number of hydrogen-bond acceptors (Lipinski definition) is 3. The van der Waals surface area contributed by atoms with Crippen LogP contribution in [0.1, 0.15) is 38.5 Å². The topological polar surface area (TPSA) is 77.9 Å². The van der Waals surface area contributed by atoms with Gasteiger partial charge < -0.3 is 14.7 Å². The minimum absolute atomic E-state index is 0.0421. The Balaban J connectivity index is 1.93. The van der Waals surface area contributed by atoms with Gasteiger partial charge in [-0.25, -0.2) is 0 Å². The molecule has 2 amide bonds. The lowest BCUT2D eigenvalue weighted by molar-refractivity contribution is -0.129. The molecule has 2 aliphatic heterocycles. The van der Waals surface area contributed by atoms with Crippen LogP contribution in [0.3, 0.4) is 0 Å². The fraction of sp³-hybridized carbons (Fsp3) is 0.833. The highest BCUT2D eigenvalue weighted by Gasteiger charge is 2.32. The van der Waals surface area contributed by atoms with Crippen molar-refractivity contribution >= 4 is 19.2 Å². The zero-order valence-electron chi connectivity index (χ0n) is 11.1. The van der Waals surface area contributed by atoms with Crippen molar-refractivity contribution in [3.63, 3.8) is 0 Å². The Morgan fingerprint density at radius 1 is 0.895 bits per heavy atom. The molecule has 0 aromatic heterocycles. The van der Waals surface area contributed by atoms with E-state index in [1.165, 1.54) is 9.80 Å². The number of likely N-dealkylation sites (tertiary alicyclic amines) is 2. The predicted octanol–water partition coefficient (Wildman–Crippen LogP) is 1.20. The molecular weight excluding hydrogens is 267 g/mol. The fourth-order valence-corrected chi connectivity index (χ4v) is 4.37. The Morgan fingerprint density at radius 3 is 2.00 bits per heavy atom. The van der Waals surface area contributed by atoms with Gasteiger partial charge in [-0.1, -0.05) is 6.42 Å². The minimum Gasteiger partial charge on any atom is -0.342 e. The zero-order valence-corrected chi connectivity index (χ0v) is 12.0. The van der Waals surface area contributed by atoms with E-state index in [1.807, 2.05) is 0 Å². The first-order chi connectivity index (χ1) is 8.98. The van der Waals surface area contributed by atoms with Crippen LogP contribution in [-0.2, 0) is 14.2 Å². The second kappa shape index (κ2) is 6.06. The van der Waals surface area contributed by atoms with Crippen LogP contribution in [0.2, 0.25) is 0 Å². The molecule has 1 atom stereocenters. The van der Waals surface area contributed by atoms with Crippen molar-refractivity contribution < 1.29 is 19.0 Å². The van der Waals surface area contributed by atoms with Crippen molar-refractivity contribution in [2.45, 2.75) is 38.5 Å². The maximum atomic E-state index is 12.2. The lowest BCUT2D eigenvalue weighted by Crippen LogP contribution is -2.34. The van der Waals surface area contributed by atoms with E-state index < -0.39 is 7.37 Å². The average Bonchev–Trinajstić information content (AvgIpc) is 2.60. The molecule has 0 radical (unpaired) electrons. The van der Waals surface area contributed by atoms with Gasteiger partial charge in [0.25, 0.3) is 0 Å². The molecule has 108 valence electrons. The van der Waals surface area contributed by atoms with Crippen molar-refractivity contribution in [3.8, 4) is 0 Å². The summed E-state index contributed by atoms with van der Waals surface area (Å²) >= 11 is 0. The highest BCUT2D eigenvalue weighted by molar-refractivity contribution is 7.57. The van der Waals surface area contributed by atoms with E-state index in [0.717, 1.165) is 25.7 Å². The van der Waals surface area contributed by atoms with Crippen molar-refractivity contribution in [2.24, 2.45) is 0 Å². The molecule has 1 unspecified atom stereocenters. The third-order valence-corrected chi connectivity index (χ3v) is 5.19. The molecule has 2 heterocycles. The van der Waals surface area contributed by atoms with Gasteiger partial charge in [0, 0.05) is 25.9 Å². The Morgan fingerprint density at radius 2 is 1.42 bits per heavy atom. The summed E-state index contributed by atoms with van der Waals surface area (Å²) in [7, 11) is -3.49. The van der Waals surface area contributed by atoms with E-state index in [-0.39, 0.29) is 24.4 Å². The second-order valence-corrected chi connectivity index (χ2v) is 7.62. The minimum atomic E-state index is -3.49. The van der Waals surface area contributed by atoms with Gasteiger partial charge in [0.2, 0.25) is 19.2 Å². The first kappa shape index (κ1) is 14.5. The standard InChI is InChI=1S/C12H21N2O4P/c15-11-5-2-1-3-7-13(11)9-19(17,18)10-14-8-4-6-12(14)16/h1-10H2,(H,17,18). The van der Waals surface area contributed by atoms with E-state index >= 15 is 0 Å². The average molecular weight is 288 g/mol. The second-order valence-electron chi connectivity index (χ2n) is 5.36. The summed E-state index contributed by atoms with van der Waals surface area (Å²) in [6.45, 7) is 1.11. The van der Waals surface area contributed by atoms with Crippen molar-refractivity contribution in [1.29, 1.82) is 0 Å². The summed E-state index contributed by atoms with van der Waals surface area (Å²) in [4.78, 5) is 36.2. The van der Waals surface area contributed by atoms with Gasteiger partial charge in [-0.15, -0.1) is 0 Å². The van der Waals surface area contributed by atoms with Gasteiger partial charge in [-0.2, -0.15) is 0 Å². The molecule has 2 fully saturated rings. The summed E-state index contributed by atoms with van der Waals surface area (Å²) in [5.41, 5.74) is 0. The number of hydrogen-bond donors (Lipinski definition) is 1. The molecule has 0 spiro atoms. The molecule has 2 rings (SSSR count). The lowest BCUT2D eigenvalue weighted by Gasteiger charge is -2.26. The van der Waals surface area contributed by atoms with Crippen LogP contribution in [0.4, 0.5) is 0 Å². The highest BCUT2D eigenvalue weighted by atomic mass is 31.2. The van der Waals surface area contributed by atoms with Gasteiger partial charge in [0.15, 0.2) is 0 Å². The maximum absolute atomic E-state index is 12.2. The molecule has 0 aromatic rings. The molecule has 0 saturated carbocycles. The van der Waals surface area contributed by atoms with Crippen LogP contribution < -0.4 is 0 Å². The quantitative estimate of drug-likeness (QED) is 0.788. The van der Waals surface area contributed by atoms with Crippen LogP contribution >= 0.6 is 7.37 Å². The first-order valence-corrected chi connectivity index (χ1v) is 8.87. The smallest absolute Gasteiger partial charge is 0.238 e. The molecule has 19 heavy (non-hydrogen) atoms. The summed E-state index contributed by atoms with van der Waals surface area (Å²) < 4.78 is 12.2. The molecule has 6 nitrogen and oxygen atoms in total. The summed E-state index contributed by atoms with van der Waals surface area (Å²) in [6.07, 6.45) is 4.17. The van der Waals surface area contributed by atoms with Crippen molar-refractivity contribution in [3.05, 3.63) is 0 Å². The molecule has 0 bridgehead atoms. The van der Waals surface area contributed by atoms with Crippen molar-refractivity contribution in [2.75, 3.05) is 25.7 Å². The maximum Gasteiger partial charge on any atom is 0.238 e. The highest BCUT2D eigenvalue weighted by Crippen LogP contribution is 2.43. The van der Waals surface area contributed by atoms with Gasteiger partial charge in [0.05, 0.1) is 12.6 Å². The summed E-state index contributed by atoms with van der Waals surface area (Å²) in [6, 6.07) is 0.